The maximum atomic E-state index is 11.9. The first-order valence-electron chi connectivity index (χ1n) is 7.38. The minimum atomic E-state index is -1.27. The quantitative estimate of drug-likeness (QED) is 0.263. The van der Waals surface area contributed by atoms with Crippen LogP contribution in [0.1, 0.15) is 26.7 Å². The molecule has 2 atom stereocenters. The lowest BCUT2D eigenvalue weighted by molar-refractivity contribution is -0.141. The molecular formula is C14H23N3O7. The minimum Gasteiger partial charge on any atom is -0.481 e. The number of carboxylic acid groups (broad SMARTS) is 2. The number of hydrogen-bond acceptors (Lipinski definition) is 6. The molecule has 2 amide bonds. The standard InChI is InChI=1S/C14H23N3O7/c1-8(2)12(21)17-10(13(22)15-5-6-18)7-16-9(14(23)24)3-4-11(19)20/h6,8-10,16H,3-5,7H2,1-2H3,(H,15,22)(H,17,21)(H,19,20)(H,23,24). The van der Waals surface area contributed by atoms with Gasteiger partial charge in [0.2, 0.25) is 11.8 Å². The summed E-state index contributed by atoms with van der Waals surface area (Å²) in [6.07, 6.45) is -0.0602. The van der Waals surface area contributed by atoms with Crippen molar-refractivity contribution in [1.82, 2.24) is 16.0 Å². The molecule has 0 spiro atoms. The van der Waals surface area contributed by atoms with E-state index in [0.29, 0.717) is 6.29 Å². The van der Waals surface area contributed by atoms with Crippen LogP contribution in [-0.2, 0) is 24.0 Å². The molecule has 0 aromatic rings. The van der Waals surface area contributed by atoms with Crippen molar-refractivity contribution >= 4 is 30.0 Å². The molecule has 0 rings (SSSR count). The topological polar surface area (TPSA) is 162 Å². The molecular weight excluding hydrogens is 322 g/mol. The number of amides is 2. The summed E-state index contributed by atoms with van der Waals surface area (Å²) >= 11 is 0. The summed E-state index contributed by atoms with van der Waals surface area (Å²) in [5.41, 5.74) is 0. The molecule has 0 bridgehead atoms. The van der Waals surface area contributed by atoms with Crippen molar-refractivity contribution in [2.24, 2.45) is 5.92 Å². The van der Waals surface area contributed by atoms with E-state index < -0.39 is 41.8 Å². The maximum Gasteiger partial charge on any atom is 0.320 e. The normalized spacial score (nSPS) is 13.0. The van der Waals surface area contributed by atoms with Crippen molar-refractivity contribution in [2.75, 3.05) is 13.1 Å². The molecule has 0 aliphatic rings. The van der Waals surface area contributed by atoms with Gasteiger partial charge in [-0.25, -0.2) is 0 Å². The number of carboxylic acids is 2. The largest absolute Gasteiger partial charge is 0.481 e. The monoisotopic (exact) mass is 345 g/mol. The number of aldehydes is 1. The number of carbonyl (C=O) groups is 5. The molecule has 0 aromatic heterocycles. The third-order valence-electron chi connectivity index (χ3n) is 3.03. The summed E-state index contributed by atoms with van der Waals surface area (Å²) in [6.45, 7) is 2.78. The zero-order chi connectivity index (χ0) is 18.7. The van der Waals surface area contributed by atoms with Gasteiger partial charge in [-0.05, 0) is 6.42 Å². The smallest absolute Gasteiger partial charge is 0.320 e. The summed E-state index contributed by atoms with van der Waals surface area (Å²) in [5, 5.41) is 24.9. The molecule has 5 N–H and O–H groups in total. The molecule has 0 aliphatic carbocycles. The Balaban J connectivity index is 4.84. The van der Waals surface area contributed by atoms with Crippen LogP contribution >= 0.6 is 0 Å². The van der Waals surface area contributed by atoms with Crippen molar-refractivity contribution < 1.29 is 34.2 Å². The Morgan fingerprint density at radius 3 is 2.12 bits per heavy atom. The summed E-state index contributed by atoms with van der Waals surface area (Å²) in [4.78, 5) is 55.6. The van der Waals surface area contributed by atoms with Crippen LogP contribution in [0.15, 0.2) is 0 Å². The van der Waals surface area contributed by atoms with Crippen LogP contribution in [0.3, 0.4) is 0 Å². The van der Waals surface area contributed by atoms with E-state index in [1.165, 1.54) is 0 Å². The van der Waals surface area contributed by atoms with Gasteiger partial charge in [0.1, 0.15) is 18.4 Å². The van der Waals surface area contributed by atoms with Gasteiger partial charge < -0.3 is 31.0 Å². The Bertz CT molecular complexity index is 479. The highest BCUT2D eigenvalue weighted by atomic mass is 16.4. The van der Waals surface area contributed by atoms with Crippen molar-refractivity contribution in [3.63, 3.8) is 0 Å². The van der Waals surface area contributed by atoms with Crippen LogP contribution < -0.4 is 16.0 Å². The lowest BCUT2D eigenvalue weighted by Gasteiger charge is -2.22. The van der Waals surface area contributed by atoms with E-state index in [-0.39, 0.29) is 25.9 Å². The second kappa shape index (κ2) is 11.1. The third-order valence-corrected chi connectivity index (χ3v) is 3.03. The molecule has 10 heteroatoms. The molecule has 24 heavy (non-hydrogen) atoms. The third kappa shape index (κ3) is 8.83. The summed E-state index contributed by atoms with van der Waals surface area (Å²) in [7, 11) is 0. The average Bonchev–Trinajstić information content (AvgIpc) is 2.50. The van der Waals surface area contributed by atoms with E-state index >= 15 is 0 Å². The van der Waals surface area contributed by atoms with Gasteiger partial charge in [0.15, 0.2) is 0 Å². The minimum absolute atomic E-state index is 0.175. The Labute approximate surface area is 139 Å². The number of rotatable bonds is 12. The zero-order valence-electron chi connectivity index (χ0n) is 13.6. The molecule has 2 unspecified atom stereocenters. The molecule has 0 aliphatic heterocycles. The van der Waals surface area contributed by atoms with Gasteiger partial charge in [-0.3, -0.25) is 19.2 Å². The molecule has 0 fully saturated rings. The van der Waals surface area contributed by atoms with Gasteiger partial charge in [-0.15, -0.1) is 0 Å². The van der Waals surface area contributed by atoms with Crippen molar-refractivity contribution in [3.8, 4) is 0 Å². The second-order valence-electron chi connectivity index (χ2n) is 5.36. The first kappa shape index (κ1) is 21.5. The zero-order valence-corrected chi connectivity index (χ0v) is 13.6. The molecule has 0 saturated carbocycles. The summed E-state index contributed by atoms with van der Waals surface area (Å²) in [5.74, 6) is -3.87. The van der Waals surface area contributed by atoms with Crippen molar-refractivity contribution in [2.45, 2.75) is 38.8 Å². The second-order valence-corrected chi connectivity index (χ2v) is 5.36. The Morgan fingerprint density at radius 2 is 1.67 bits per heavy atom. The molecule has 136 valence electrons. The number of aliphatic carboxylic acids is 2. The lowest BCUT2D eigenvalue weighted by Crippen LogP contribution is -2.55. The fourth-order valence-corrected chi connectivity index (χ4v) is 1.65. The Hall–Kier alpha value is -2.49. The molecule has 0 saturated heterocycles. The first-order chi connectivity index (χ1) is 11.2. The maximum absolute atomic E-state index is 11.9. The van der Waals surface area contributed by atoms with Gasteiger partial charge in [0.05, 0.1) is 6.54 Å². The molecule has 0 aromatic carbocycles. The van der Waals surface area contributed by atoms with Crippen LogP contribution in [-0.4, -0.2) is 65.4 Å². The van der Waals surface area contributed by atoms with Gasteiger partial charge in [0, 0.05) is 18.9 Å². The summed E-state index contributed by atoms with van der Waals surface area (Å²) in [6, 6.07) is -2.27. The van der Waals surface area contributed by atoms with E-state index in [2.05, 4.69) is 16.0 Å². The van der Waals surface area contributed by atoms with Gasteiger partial charge >= 0.3 is 11.9 Å². The molecule has 0 heterocycles. The molecule has 10 nitrogen and oxygen atoms in total. The molecule has 0 radical (unpaired) electrons. The van der Waals surface area contributed by atoms with E-state index in [1.54, 1.807) is 13.8 Å². The van der Waals surface area contributed by atoms with Crippen LogP contribution in [0, 0.1) is 5.92 Å². The lowest BCUT2D eigenvalue weighted by atomic mass is 10.1. The highest BCUT2D eigenvalue weighted by molar-refractivity contribution is 5.89. The van der Waals surface area contributed by atoms with Gasteiger partial charge in [-0.1, -0.05) is 13.8 Å². The SMILES string of the molecule is CC(C)C(=O)NC(CNC(CCC(=O)O)C(=O)O)C(=O)NCC=O. The predicted octanol–water partition coefficient (Wildman–Crippen LogP) is -1.65. The van der Waals surface area contributed by atoms with Gasteiger partial charge in [0.25, 0.3) is 0 Å². The highest BCUT2D eigenvalue weighted by Gasteiger charge is 2.25. The van der Waals surface area contributed by atoms with Crippen LogP contribution in [0.2, 0.25) is 0 Å². The predicted molar refractivity (Wildman–Crippen MR) is 82.1 cm³/mol. The van der Waals surface area contributed by atoms with E-state index in [9.17, 15) is 24.0 Å². The Morgan fingerprint density at radius 1 is 1.04 bits per heavy atom. The summed E-state index contributed by atoms with van der Waals surface area (Å²) < 4.78 is 0. The van der Waals surface area contributed by atoms with E-state index in [4.69, 9.17) is 10.2 Å². The van der Waals surface area contributed by atoms with Crippen molar-refractivity contribution in [1.29, 1.82) is 0 Å². The van der Waals surface area contributed by atoms with Crippen molar-refractivity contribution in [3.05, 3.63) is 0 Å². The van der Waals surface area contributed by atoms with E-state index in [0.717, 1.165) is 0 Å². The fourth-order valence-electron chi connectivity index (χ4n) is 1.65. The van der Waals surface area contributed by atoms with Crippen LogP contribution in [0.25, 0.3) is 0 Å². The number of carbonyl (C=O) groups excluding carboxylic acids is 3. The average molecular weight is 345 g/mol. The Kier molecular flexibility index (Phi) is 9.96. The number of nitrogens with one attached hydrogen (secondary N) is 3. The van der Waals surface area contributed by atoms with Gasteiger partial charge in [-0.2, -0.15) is 0 Å². The fraction of sp³-hybridized carbons (Fsp3) is 0.643. The first-order valence-corrected chi connectivity index (χ1v) is 7.38. The number of hydrogen-bond donors (Lipinski definition) is 5. The highest BCUT2D eigenvalue weighted by Crippen LogP contribution is 1.99. The van der Waals surface area contributed by atoms with Crippen LogP contribution in [0.4, 0.5) is 0 Å². The van der Waals surface area contributed by atoms with E-state index in [1.807, 2.05) is 0 Å². The van der Waals surface area contributed by atoms with Crippen LogP contribution in [0.5, 0.6) is 0 Å².